The summed E-state index contributed by atoms with van der Waals surface area (Å²) in [6.07, 6.45) is 0.352. The molecule has 9 heteroatoms. The van der Waals surface area contributed by atoms with Gasteiger partial charge in [0.25, 0.3) is 5.91 Å². The van der Waals surface area contributed by atoms with Gasteiger partial charge in [-0.15, -0.1) is 0 Å². The van der Waals surface area contributed by atoms with Crippen molar-refractivity contribution in [3.63, 3.8) is 0 Å². The molecule has 0 bridgehead atoms. The lowest BCUT2D eigenvalue weighted by atomic mass is 9.86. The van der Waals surface area contributed by atoms with Crippen molar-refractivity contribution in [3.8, 4) is 0 Å². The van der Waals surface area contributed by atoms with Gasteiger partial charge >= 0.3 is 0 Å². The largest absolute Gasteiger partial charge is 0.368 e. The van der Waals surface area contributed by atoms with Gasteiger partial charge in [-0.2, -0.15) is 5.10 Å². The molecule has 30 heavy (non-hydrogen) atoms. The molecular weight excluding hydrogens is 397 g/mol. The molecule has 3 N–H and O–H groups in total. The molecule has 0 aliphatic heterocycles. The van der Waals surface area contributed by atoms with Crippen LogP contribution in [-0.2, 0) is 11.3 Å². The number of fused-ring (bicyclic) bond motifs is 1. The highest BCUT2D eigenvalue weighted by atomic mass is 19.3. The molecule has 0 unspecified atom stereocenters. The van der Waals surface area contributed by atoms with Gasteiger partial charge in [0.05, 0.1) is 5.52 Å². The normalized spacial score (nSPS) is 18.3. The number of nitrogens with two attached hydrogens (primary N) is 1. The first-order chi connectivity index (χ1) is 13.9. The standard InChI is InChI=1S/C21H27F3N4O2/c1-20(2,3)17(18(25)29)26-19(30)16-14-10-13(22)4-5-15(14)28(27-16)11-12-6-8-21(23,24)9-7-12/h4-5,10,12,17H,6-9,11H2,1-3H3,(H2,25,29)(H,26,30)/t17-/m1/s1. The smallest absolute Gasteiger partial charge is 0.273 e. The molecule has 0 spiro atoms. The van der Waals surface area contributed by atoms with E-state index in [2.05, 4.69) is 10.4 Å². The van der Waals surface area contributed by atoms with Gasteiger partial charge in [-0.05, 0) is 42.4 Å². The number of carbonyl (C=O) groups excluding carboxylic acids is 2. The summed E-state index contributed by atoms with van der Waals surface area (Å²) in [7, 11) is 0. The summed E-state index contributed by atoms with van der Waals surface area (Å²) in [6.45, 7) is 5.64. The third-order valence-corrected chi connectivity index (χ3v) is 5.62. The Morgan fingerprint density at radius 2 is 1.93 bits per heavy atom. The summed E-state index contributed by atoms with van der Waals surface area (Å²) < 4.78 is 42.4. The second kappa shape index (κ2) is 7.92. The van der Waals surface area contributed by atoms with Crippen molar-refractivity contribution in [2.75, 3.05) is 0 Å². The lowest BCUT2D eigenvalue weighted by Crippen LogP contribution is -2.52. The Bertz CT molecular complexity index is 955. The summed E-state index contributed by atoms with van der Waals surface area (Å²) in [5.74, 6) is -4.50. The lowest BCUT2D eigenvalue weighted by molar-refractivity contribution is -0.122. The minimum absolute atomic E-state index is 0.0124. The molecule has 164 valence electrons. The average Bonchev–Trinajstić information content (AvgIpc) is 2.97. The van der Waals surface area contributed by atoms with E-state index in [9.17, 15) is 22.8 Å². The topological polar surface area (TPSA) is 90.0 Å². The average molecular weight is 424 g/mol. The third kappa shape index (κ3) is 4.76. The van der Waals surface area contributed by atoms with Crippen molar-refractivity contribution < 1.29 is 22.8 Å². The van der Waals surface area contributed by atoms with E-state index in [-0.39, 0.29) is 24.5 Å². The van der Waals surface area contributed by atoms with Crippen LogP contribution in [0.15, 0.2) is 18.2 Å². The Morgan fingerprint density at radius 1 is 1.30 bits per heavy atom. The molecule has 0 radical (unpaired) electrons. The Labute approximate surface area is 173 Å². The summed E-state index contributed by atoms with van der Waals surface area (Å²) in [6, 6.07) is 3.04. The summed E-state index contributed by atoms with van der Waals surface area (Å²) in [5, 5.41) is 7.25. The van der Waals surface area contributed by atoms with Crippen LogP contribution in [0.4, 0.5) is 13.2 Å². The number of benzene rings is 1. The van der Waals surface area contributed by atoms with Crippen LogP contribution in [0.5, 0.6) is 0 Å². The van der Waals surface area contributed by atoms with Crippen LogP contribution >= 0.6 is 0 Å². The zero-order valence-corrected chi connectivity index (χ0v) is 17.3. The molecule has 1 heterocycles. The monoisotopic (exact) mass is 424 g/mol. The van der Waals surface area contributed by atoms with E-state index in [4.69, 9.17) is 5.73 Å². The zero-order chi connectivity index (χ0) is 22.3. The van der Waals surface area contributed by atoms with Crippen molar-refractivity contribution in [1.29, 1.82) is 0 Å². The summed E-state index contributed by atoms with van der Waals surface area (Å²) in [4.78, 5) is 24.7. The highest BCUT2D eigenvalue weighted by Gasteiger charge is 2.36. The Hall–Kier alpha value is -2.58. The molecule has 1 atom stereocenters. The fraction of sp³-hybridized carbons (Fsp3) is 0.571. The number of nitrogens with zero attached hydrogens (tertiary/aromatic N) is 2. The van der Waals surface area contributed by atoms with Crippen molar-refractivity contribution in [1.82, 2.24) is 15.1 Å². The van der Waals surface area contributed by atoms with Crippen LogP contribution in [0.1, 0.15) is 56.9 Å². The Kier molecular flexibility index (Phi) is 5.84. The number of amides is 2. The van der Waals surface area contributed by atoms with Crippen molar-refractivity contribution in [2.24, 2.45) is 17.1 Å². The van der Waals surface area contributed by atoms with Gasteiger partial charge in [-0.3, -0.25) is 14.3 Å². The van der Waals surface area contributed by atoms with E-state index < -0.39 is 35.0 Å². The number of halogens is 3. The van der Waals surface area contributed by atoms with Crippen LogP contribution in [0.25, 0.3) is 10.9 Å². The molecule has 1 aromatic carbocycles. The van der Waals surface area contributed by atoms with Gasteiger partial charge in [-0.1, -0.05) is 20.8 Å². The predicted octanol–water partition coefficient (Wildman–Crippen LogP) is 3.63. The number of hydrogen-bond donors (Lipinski definition) is 2. The fourth-order valence-electron chi connectivity index (χ4n) is 3.90. The van der Waals surface area contributed by atoms with E-state index in [1.807, 2.05) is 0 Å². The molecule has 1 fully saturated rings. The lowest BCUT2D eigenvalue weighted by Gasteiger charge is -2.28. The van der Waals surface area contributed by atoms with Crippen LogP contribution in [0.3, 0.4) is 0 Å². The molecule has 3 rings (SSSR count). The number of hydrogen-bond acceptors (Lipinski definition) is 3. The zero-order valence-electron chi connectivity index (χ0n) is 17.3. The maximum absolute atomic E-state index is 13.9. The molecular formula is C21H27F3N4O2. The molecule has 2 amide bonds. The summed E-state index contributed by atoms with van der Waals surface area (Å²) in [5.41, 5.74) is 5.32. The molecule has 1 saturated carbocycles. The summed E-state index contributed by atoms with van der Waals surface area (Å²) >= 11 is 0. The minimum atomic E-state index is -2.63. The maximum Gasteiger partial charge on any atom is 0.273 e. The van der Waals surface area contributed by atoms with Crippen LogP contribution in [0, 0.1) is 17.2 Å². The van der Waals surface area contributed by atoms with E-state index in [0.717, 1.165) is 0 Å². The van der Waals surface area contributed by atoms with E-state index in [1.165, 1.54) is 18.2 Å². The van der Waals surface area contributed by atoms with Gasteiger partial charge < -0.3 is 11.1 Å². The fourth-order valence-corrected chi connectivity index (χ4v) is 3.90. The van der Waals surface area contributed by atoms with E-state index in [0.29, 0.717) is 30.3 Å². The minimum Gasteiger partial charge on any atom is -0.368 e. The van der Waals surface area contributed by atoms with Crippen LogP contribution < -0.4 is 11.1 Å². The van der Waals surface area contributed by atoms with Gasteiger partial charge in [0.15, 0.2) is 5.69 Å². The molecule has 1 aliphatic carbocycles. The van der Waals surface area contributed by atoms with Crippen LogP contribution in [0.2, 0.25) is 0 Å². The van der Waals surface area contributed by atoms with Gasteiger partial charge in [0, 0.05) is 24.8 Å². The van der Waals surface area contributed by atoms with E-state index >= 15 is 0 Å². The highest BCUT2D eigenvalue weighted by Crippen LogP contribution is 2.37. The van der Waals surface area contributed by atoms with Gasteiger partial charge in [0.1, 0.15) is 11.9 Å². The molecule has 1 aromatic heterocycles. The molecule has 0 saturated heterocycles. The molecule has 2 aromatic rings. The Morgan fingerprint density at radius 3 is 2.50 bits per heavy atom. The SMILES string of the molecule is CC(C)(C)[C@H](NC(=O)c1nn(CC2CCC(F)(F)CC2)c2ccc(F)cc12)C(N)=O. The second-order valence-corrected chi connectivity index (χ2v) is 9.17. The molecule has 6 nitrogen and oxygen atoms in total. The maximum atomic E-state index is 13.9. The predicted molar refractivity (Wildman–Crippen MR) is 106 cm³/mol. The first-order valence-corrected chi connectivity index (χ1v) is 10.0. The Balaban J connectivity index is 1.91. The van der Waals surface area contributed by atoms with Crippen LogP contribution in [-0.4, -0.2) is 33.6 Å². The van der Waals surface area contributed by atoms with E-state index in [1.54, 1.807) is 25.5 Å². The third-order valence-electron chi connectivity index (χ3n) is 5.62. The van der Waals surface area contributed by atoms with Crippen molar-refractivity contribution in [2.45, 2.75) is 65.0 Å². The highest BCUT2D eigenvalue weighted by molar-refractivity contribution is 6.06. The quantitative estimate of drug-likeness (QED) is 0.768. The van der Waals surface area contributed by atoms with Gasteiger partial charge in [-0.25, -0.2) is 13.2 Å². The number of carbonyl (C=O) groups is 2. The first kappa shape index (κ1) is 22.1. The van der Waals surface area contributed by atoms with Gasteiger partial charge in [0.2, 0.25) is 11.8 Å². The number of rotatable bonds is 5. The number of alkyl halides is 2. The number of nitrogens with one attached hydrogen (secondary N) is 1. The number of primary amides is 1. The number of aromatic nitrogens is 2. The first-order valence-electron chi connectivity index (χ1n) is 10.0. The second-order valence-electron chi connectivity index (χ2n) is 9.17. The van der Waals surface area contributed by atoms with Crippen molar-refractivity contribution >= 4 is 22.7 Å². The molecule has 1 aliphatic rings. The van der Waals surface area contributed by atoms with Crippen molar-refractivity contribution in [3.05, 3.63) is 29.7 Å².